The van der Waals surface area contributed by atoms with Gasteiger partial charge in [0.25, 0.3) is 0 Å². The molecule has 1 aliphatic rings. The first-order chi connectivity index (χ1) is 7.75. The molecular formula is C11H12N4S. The second-order valence-corrected chi connectivity index (χ2v) is 4.60. The maximum Gasteiger partial charge on any atom is 0.199 e. The number of aromatic amines is 1. The zero-order valence-corrected chi connectivity index (χ0v) is 9.79. The fourth-order valence-corrected chi connectivity index (χ4v) is 2.08. The summed E-state index contributed by atoms with van der Waals surface area (Å²) in [7, 11) is 0. The minimum Gasteiger partial charge on any atom is -0.270 e. The predicted molar refractivity (Wildman–Crippen MR) is 63.3 cm³/mol. The highest BCUT2D eigenvalue weighted by Gasteiger charge is 2.29. The molecule has 0 unspecified atom stereocenters. The summed E-state index contributed by atoms with van der Waals surface area (Å²) in [6.07, 6.45) is 6.08. The summed E-state index contributed by atoms with van der Waals surface area (Å²) >= 11 is 5.26. The Labute approximate surface area is 98.3 Å². The fourth-order valence-electron chi connectivity index (χ4n) is 1.84. The van der Waals surface area contributed by atoms with E-state index in [1.807, 2.05) is 23.9 Å². The lowest BCUT2D eigenvalue weighted by Gasteiger charge is -2.05. The number of aryl methyl sites for hydroxylation is 1. The molecule has 1 saturated carbocycles. The highest BCUT2D eigenvalue weighted by molar-refractivity contribution is 7.71. The van der Waals surface area contributed by atoms with E-state index in [0.29, 0.717) is 10.7 Å². The molecule has 1 fully saturated rings. The van der Waals surface area contributed by atoms with Gasteiger partial charge >= 0.3 is 0 Å². The van der Waals surface area contributed by atoms with E-state index in [0.717, 1.165) is 17.1 Å². The van der Waals surface area contributed by atoms with Crippen LogP contribution in [-0.4, -0.2) is 19.7 Å². The molecule has 5 heteroatoms. The van der Waals surface area contributed by atoms with Gasteiger partial charge in [0.2, 0.25) is 0 Å². The van der Waals surface area contributed by atoms with Crippen molar-refractivity contribution in [1.82, 2.24) is 19.7 Å². The lowest BCUT2D eigenvalue weighted by atomic mass is 10.3. The number of hydrogen-bond donors (Lipinski definition) is 1. The second-order valence-electron chi connectivity index (χ2n) is 4.22. The van der Waals surface area contributed by atoms with E-state index < -0.39 is 0 Å². The largest absolute Gasteiger partial charge is 0.270 e. The van der Waals surface area contributed by atoms with E-state index in [-0.39, 0.29) is 0 Å². The number of nitrogens with zero attached hydrogens (tertiary/aromatic N) is 3. The zero-order chi connectivity index (χ0) is 11.1. The van der Waals surface area contributed by atoms with Crippen LogP contribution in [0.3, 0.4) is 0 Å². The van der Waals surface area contributed by atoms with Crippen molar-refractivity contribution in [2.75, 3.05) is 0 Å². The van der Waals surface area contributed by atoms with Crippen molar-refractivity contribution in [2.24, 2.45) is 0 Å². The van der Waals surface area contributed by atoms with Crippen molar-refractivity contribution in [2.45, 2.75) is 25.7 Å². The van der Waals surface area contributed by atoms with Gasteiger partial charge in [-0.2, -0.15) is 5.10 Å². The van der Waals surface area contributed by atoms with E-state index in [2.05, 4.69) is 21.2 Å². The highest BCUT2D eigenvalue weighted by atomic mass is 32.1. The molecule has 0 radical (unpaired) electrons. The quantitative estimate of drug-likeness (QED) is 0.809. The minimum atomic E-state index is 0.563. The van der Waals surface area contributed by atoms with E-state index in [1.165, 1.54) is 12.8 Å². The van der Waals surface area contributed by atoms with Crippen molar-refractivity contribution in [3.8, 4) is 5.69 Å². The zero-order valence-electron chi connectivity index (χ0n) is 8.97. The molecule has 3 rings (SSSR count). The summed E-state index contributed by atoms with van der Waals surface area (Å²) in [5, 5.41) is 7.17. The minimum absolute atomic E-state index is 0.563. The lowest BCUT2D eigenvalue weighted by molar-refractivity contribution is 0.864. The lowest BCUT2D eigenvalue weighted by Crippen LogP contribution is -2.01. The van der Waals surface area contributed by atoms with E-state index in [1.54, 1.807) is 0 Å². The van der Waals surface area contributed by atoms with Gasteiger partial charge in [0.05, 0.1) is 11.9 Å². The van der Waals surface area contributed by atoms with Crippen LogP contribution in [0.4, 0.5) is 0 Å². The summed E-state index contributed by atoms with van der Waals surface area (Å²) in [4.78, 5) is 4.19. The first kappa shape index (κ1) is 9.72. The Morgan fingerprint density at radius 2 is 2.25 bits per heavy atom. The van der Waals surface area contributed by atoms with Gasteiger partial charge in [0.1, 0.15) is 5.82 Å². The molecule has 0 saturated heterocycles. The van der Waals surface area contributed by atoms with Crippen LogP contribution >= 0.6 is 12.2 Å². The summed E-state index contributed by atoms with van der Waals surface area (Å²) < 4.78 is 2.64. The standard InChI is InChI=1S/C11H12N4S/c1-7-4-9(6-12-5-7)15-10(8-2-3-8)13-14-11(15)16/h4-6,8H,2-3H2,1H3,(H,14,16). The van der Waals surface area contributed by atoms with Gasteiger partial charge in [-0.1, -0.05) is 0 Å². The third-order valence-corrected chi connectivity index (χ3v) is 3.03. The number of pyridine rings is 1. The number of nitrogens with one attached hydrogen (secondary N) is 1. The maximum atomic E-state index is 5.26. The molecule has 1 aliphatic carbocycles. The van der Waals surface area contributed by atoms with Gasteiger partial charge in [-0.05, 0) is 43.6 Å². The molecule has 0 spiro atoms. The molecule has 0 aromatic carbocycles. The smallest absolute Gasteiger partial charge is 0.199 e. The van der Waals surface area contributed by atoms with E-state index in [9.17, 15) is 0 Å². The predicted octanol–water partition coefficient (Wildman–Crippen LogP) is 2.51. The third-order valence-electron chi connectivity index (χ3n) is 2.76. The average molecular weight is 232 g/mol. The normalized spacial score (nSPS) is 15.3. The van der Waals surface area contributed by atoms with Crippen LogP contribution < -0.4 is 0 Å². The van der Waals surface area contributed by atoms with Crippen LogP contribution in [0.1, 0.15) is 30.1 Å². The van der Waals surface area contributed by atoms with Crippen molar-refractivity contribution in [3.05, 3.63) is 34.6 Å². The Bertz CT molecular complexity index is 580. The summed E-state index contributed by atoms with van der Waals surface area (Å²) in [6, 6.07) is 2.07. The van der Waals surface area contributed by atoms with Crippen LogP contribution in [0.5, 0.6) is 0 Å². The molecule has 0 atom stereocenters. The first-order valence-corrected chi connectivity index (χ1v) is 5.76. The van der Waals surface area contributed by atoms with Gasteiger partial charge in [0, 0.05) is 12.1 Å². The summed E-state index contributed by atoms with van der Waals surface area (Å²) in [6.45, 7) is 2.02. The van der Waals surface area contributed by atoms with Crippen LogP contribution in [-0.2, 0) is 0 Å². The highest BCUT2D eigenvalue weighted by Crippen LogP contribution is 2.39. The monoisotopic (exact) mass is 232 g/mol. The van der Waals surface area contributed by atoms with Gasteiger partial charge < -0.3 is 0 Å². The van der Waals surface area contributed by atoms with E-state index in [4.69, 9.17) is 12.2 Å². The van der Waals surface area contributed by atoms with Gasteiger partial charge in [-0.3, -0.25) is 14.6 Å². The van der Waals surface area contributed by atoms with Crippen molar-refractivity contribution in [3.63, 3.8) is 0 Å². The Balaban J connectivity index is 2.18. The Morgan fingerprint density at radius 3 is 2.94 bits per heavy atom. The molecule has 2 aromatic heterocycles. The third kappa shape index (κ3) is 1.57. The average Bonchev–Trinajstić information content (AvgIpc) is 3.02. The van der Waals surface area contributed by atoms with Crippen LogP contribution in [0.25, 0.3) is 5.69 Å². The molecule has 0 bridgehead atoms. The van der Waals surface area contributed by atoms with Crippen molar-refractivity contribution in [1.29, 1.82) is 0 Å². The number of H-pyrrole nitrogens is 1. The number of rotatable bonds is 2. The van der Waals surface area contributed by atoms with Crippen LogP contribution in [0.2, 0.25) is 0 Å². The number of hydrogen-bond acceptors (Lipinski definition) is 3. The number of aromatic nitrogens is 4. The molecule has 2 aromatic rings. The molecule has 1 N–H and O–H groups in total. The summed E-state index contributed by atoms with van der Waals surface area (Å²) in [5.41, 5.74) is 2.13. The SMILES string of the molecule is Cc1cncc(-n2c(C3CC3)n[nH]c2=S)c1. The van der Waals surface area contributed by atoms with Crippen molar-refractivity contribution >= 4 is 12.2 Å². The maximum absolute atomic E-state index is 5.26. The Kier molecular flexibility index (Phi) is 2.14. The van der Waals surface area contributed by atoms with Gasteiger partial charge in [-0.15, -0.1) is 0 Å². The molecule has 2 heterocycles. The first-order valence-electron chi connectivity index (χ1n) is 5.35. The molecule has 0 amide bonds. The molecule has 4 nitrogen and oxygen atoms in total. The van der Waals surface area contributed by atoms with Crippen molar-refractivity contribution < 1.29 is 0 Å². The Morgan fingerprint density at radius 1 is 1.44 bits per heavy atom. The van der Waals surface area contributed by atoms with Gasteiger partial charge in [-0.25, -0.2) is 0 Å². The van der Waals surface area contributed by atoms with E-state index >= 15 is 0 Å². The molecular weight excluding hydrogens is 220 g/mol. The molecule has 82 valence electrons. The molecule has 16 heavy (non-hydrogen) atoms. The Hall–Kier alpha value is -1.49. The summed E-state index contributed by atoms with van der Waals surface area (Å²) in [5.74, 6) is 1.60. The second kappa shape index (κ2) is 3.52. The topological polar surface area (TPSA) is 46.5 Å². The molecule has 0 aliphatic heterocycles. The fraction of sp³-hybridized carbons (Fsp3) is 0.364. The van der Waals surface area contributed by atoms with Gasteiger partial charge in [0.15, 0.2) is 4.77 Å². The van der Waals surface area contributed by atoms with Crippen LogP contribution in [0.15, 0.2) is 18.5 Å². The van der Waals surface area contributed by atoms with Crippen LogP contribution in [0, 0.1) is 11.7 Å².